The van der Waals surface area contributed by atoms with Gasteiger partial charge in [0.1, 0.15) is 5.52 Å². The van der Waals surface area contributed by atoms with Gasteiger partial charge >= 0.3 is 0 Å². The van der Waals surface area contributed by atoms with E-state index in [2.05, 4.69) is 34.3 Å². The zero-order valence-electron chi connectivity index (χ0n) is 12.3. The fourth-order valence-electron chi connectivity index (χ4n) is 3.14. The number of nitrogens with zero attached hydrogens (tertiary/aromatic N) is 4. The molecule has 0 amide bonds. The largest absolute Gasteiger partial charge is 0.303 e. The molecule has 0 saturated carbocycles. The summed E-state index contributed by atoms with van der Waals surface area (Å²) in [6.45, 7) is 7.02. The number of aryl methyl sites for hydroxylation is 1. The summed E-state index contributed by atoms with van der Waals surface area (Å²) < 4.78 is 2.04. The molecule has 2 heterocycles. The van der Waals surface area contributed by atoms with Crippen LogP contribution in [0.3, 0.4) is 0 Å². The lowest BCUT2D eigenvalue weighted by Gasteiger charge is -2.31. The number of likely N-dealkylation sites (tertiary alicyclic amines) is 1. The number of aromatic nitrogens is 3. The average Bonchev–Trinajstić information content (AvgIpc) is 2.92. The lowest BCUT2D eigenvalue weighted by atomic mass is 9.94. The first-order valence-electron chi connectivity index (χ1n) is 7.87. The highest BCUT2D eigenvalue weighted by molar-refractivity contribution is 5.73. The molecule has 4 heteroatoms. The molecule has 0 N–H and O–H groups in total. The van der Waals surface area contributed by atoms with E-state index in [1.165, 1.54) is 38.9 Å². The van der Waals surface area contributed by atoms with Crippen molar-refractivity contribution in [3.8, 4) is 0 Å². The van der Waals surface area contributed by atoms with Crippen molar-refractivity contribution in [1.82, 2.24) is 19.9 Å². The Balaban J connectivity index is 1.48. The van der Waals surface area contributed by atoms with Crippen molar-refractivity contribution in [3.63, 3.8) is 0 Å². The average molecular weight is 272 g/mol. The smallest absolute Gasteiger partial charge is 0.113 e. The molecule has 0 radical (unpaired) electrons. The Hall–Kier alpha value is -1.42. The summed E-state index contributed by atoms with van der Waals surface area (Å²) in [6, 6.07) is 8.19. The SMILES string of the molecule is CCC1CCN(CCCn2nnc3ccccc32)CC1. The summed E-state index contributed by atoms with van der Waals surface area (Å²) in [5, 5.41) is 8.46. The Morgan fingerprint density at radius 1 is 1.15 bits per heavy atom. The summed E-state index contributed by atoms with van der Waals surface area (Å²) in [4.78, 5) is 2.60. The van der Waals surface area contributed by atoms with E-state index in [0.29, 0.717) is 0 Å². The van der Waals surface area contributed by atoms with E-state index in [9.17, 15) is 0 Å². The minimum Gasteiger partial charge on any atom is -0.303 e. The lowest BCUT2D eigenvalue weighted by molar-refractivity contribution is 0.177. The maximum Gasteiger partial charge on any atom is 0.113 e. The van der Waals surface area contributed by atoms with E-state index < -0.39 is 0 Å². The Kier molecular flexibility index (Phi) is 4.31. The molecule has 4 nitrogen and oxygen atoms in total. The molecule has 1 aliphatic rings. The normalized spacial score (nSPS) is 17.9. The molecule has 0 atom stereocenters. The zero-order chi connectivity index (χ0) is 13.8. The number of para-hydroxylation sites is 1. The predicted octanol–water partition coefficient (Wildman–Crippen LogP) is 2.94. The van der Waals surface area contributed by atoms with Crippen LogP contribution in [0.5, 0.6) is 0 Å². The first kappa shape index (κ1) is 13.6. The summed E-state index contributed by atoms with van der Waals surface area (Å²) >= 11 is 0. The number of rotatable bonds is 5. The van der Waals surface area contributed by atoms with Gasteiger partial charge in [0.25, 0.3) is 0 Å². The molecule has 2 aromatic rings. The quantitative estimate of drug-likeness (QED) is 0.839. The number of fused-ring (bicyclic) bond motifs is 1. The summed E-state index contributed by atoms with van der Waals surface area (Å²) in [5.74, 6) is 0.963. The van der Waals surface area contributed by atoms with E-state index in [0.717, 1.165) is 29.9 Å². The molecule has 20 heavy (non-hydrogen) atoms. The highest BCUT2D eigenvalue weighted by Gasteiger charge is 2.17. The van der Waals surface area contributed by atoms with Gasteiger partial charge in [-0.3, -0.25) is 0 Å². The molecule has 0 aliphatic carbocycles. The third kappa shape index (κ3) is 3.01. The van der Waals surface area contributed by atoms with Crippen molar-refractivity contribution in [2.45, 2.75) is 39.2 Å². The van der Waals surface area contributed by atoms with Crippen LogP contribution in [0.25, 0.3) is 11.0 Å². The number of hydrogen-bond acceptors (Lipinski definition) is 3. The van der Waals surface area contributed by atoms with Gasteiger partial charge in [-0.15, -0.1) is 5.10 Å². The first-order valence-corrected chi connectivity index (χ1v) is 7.87. The number of hydrogen-bond donors (Lipinski definition) is 0. The van der Waals surface area contributed by atoms with E-state index in [-0.39, 0.29) is 0 Å². The minimum absolute atomic E-state index is 0.963. The second-order valence-corrected chi connectivity index (χ2v) is 5.85. The van der Waals surface area contributed by atoms with Crippen LogP contribution in [-0.2, 0) is 6.54 Å². The van der Waals surface area contributed by atoms with E-state index in [1.54, 1.807) is 0 Å². The van der Waals surface area contributed by atoms with Crippen molar-refractivity contribution in [2.24, 2.45) is 5.92 Å². The van der Waals surface area contributed by atoms with Crippen molar-refractivity contribution < 1.29 is 0 Å². The zero-order valence-corrected chi connectivity index (χ0v) is 12.3. The molecule has 1 saturated heterocycles. The van der Waals surface area contributed by atoms with Gasteiger partial charge in [0.2, 0.25) is 0 Å². The van der Waals surface area contributed by atoms with E-state index in [4.69, 9.17) is 0 Å². The Morgan fingerprint density at radius 2 is 1.95 bits per heavy atom. The fourth-order valence-corrected chi connectivity index (χ4v) is 3.14. The molecule has 0 spiro atoms. The topological polar surface area (TPSA) is 34.0 Å². The Labute approximate surface area is 120 Å². The molecule has 1 aliphatic heterocycles. The van der Waals surface area contributed by atoms with Gasteiger partial charge in [-0.25, -0.2) is 4.68 Å². The van der Waals surface area contributed by atoms with Gasteiger partial charge < -0.3 is 4.90 Å². The first-order chi connectivity index (χ1) is 9.86. The highest BCUT2D eigenvalue weighted by Crippen LogP contribution is 2.20. The second-order valence-electron chi connectivity index (χ2n) is 5.85. The van der Waals surface area contributed by atoms with E-state index >= 15 is 0 Å². The molecule has 108 valence electrons. The molecule has 0 unspecified atom stereocenters. The fraction of sp³-hybridized carbons (Fsp3) is 0.625. The van der Waals surface area contributed by atoms with Crippen molar-refractivity contribution in [2.75, 3.05) is 19.6 Å². The van der Waals surface area contributed by atoms with Crippen molar-refractivity contribution >= 4 is 11.0 Å². The molecule has 0 bridgehead atoms. The van der Waals surface area contributed by atoms with Crippen molar-refractivity contribution in [1.29, 1.82) is 0 Å². The van der Waals surface area contributed by atoms with Crippen LogP contribution in [0.2, 0.25) is 0 Å². The standard InChI is InChI=1S/C16H24N4/c1-2-14-8-12-19(13-9-14)10-5-11-20-16-7-4-3-6-15(16)17-18-20/h3-4,6-7,14H,2,5,8-13H2,1H3. The van der Waals surface area contributed by atoms with Crippen LogP contribution in [0, 0.1) is 5.92 Å². The van der Waals surface area contributed by atoms with Crippen LogP contribution >= 0.6 is 0 Å². The van der Waals surface area contributed by atoms with Crippen LogP contribution in [0.15, 0.2) is 24.3 Å². The molecular weight excluding hydrogens is 248 g/mol. The van der Waals surface area contributed by atoms with Gasteiger partial charge in [0, 0.05) is 6.54 Å². The lowest BCUT2D eigenvalue weighted by Crippen LogP contribution is -2.34. The third-order valence-electron chi connectivity index (χ3n) is 4.55. The summed E-state index contributed by atoms with van der Waals surface area (Å²) in [6.07, 6.45) is 5.26. The predicted molar refractivity (Wildman–Crippen MR) is 81.6 cm³/mol. The van der Waals surface area contributed by atoms with Crippen LogP contribution in [0.1, 0.15) is 32.6 Å². The van der Waals surface area contributed by atoms with E-state index in [1.807, 2.05) is 16.8 Å². The maximum absolute atomic E-state index is 4.25. The van der Waals surface area contributed by atoms with Gasteiger partial charge in [-0.05, 0) is 56.9 Å². The monoisotopic (exact) mass is 272 g/mol. The summed E-state index contributed by atoms with van der Waals surface area (Å²) in [5.41, 5.74) is 2.15. The van der Waals surface area contributed by atoms with Gasteiger partial charge in [-0.1, -0.05) is 30.7 Å². The summed E-state index contributed by atoms with van der Waals surface area (Å²) in [7, 11) is 0. The van der Waals surface area contributed by atoms with Gasteiger partial charge in [-0.2, -0.15) is 0 Å². The van der Waals surface area contributed by atoms with Crippen LogP contribution in [0.4, 0.5) is 0 Å². The highest BCUT2D eigenvalue weighted by atomic mass is 15.4. The van der Waals surface area contributed by atoms with Crippen molar-refractivity contribution in [3.05, 3.63) is 24.3 Å². The molecule has 1 aromatic heterocycles. The van der Waals surface area contributed by atoms with Crippen LogP contribution in [-0.4, -0.2) is 39.5 Å². The van der Waals surface area contributed by atoms with Crippen LogP contribution < -0.4 is 0 Å². The molecule has 3 rings (SSSR count). The number of piperidine rings is 1. The Morgan fingerprint density at radius 3 is 2.75 bits per heavy atom. The molecule has 1 fully saturated rings. The second kappa shape index (κ2) is 6.35. The third-order valence-corrected chi connectivity index (χ3v) is 4.55. The maximum atomic E-state index is 4.25. The molecular formula is C16H24N4. The van der Waals surface area contributed by atoms with Gasteiger partial charge in [0.15, 0.2) is 0 Å². The minimum atomic E-state index is 0.963. The Bertz CT molecular complexity index is 540. The molecule has 1 aromatic carbocycles. The van der Waals surface area contributed by atoms with Gasteiger partial charge in [0.05, 0.1) is 5.52 Å². The number of benzene rings is 1.